The molecule has 158 valence electrons. The van der Waals surface area contributed by atoms with Crippen molar-refractivity contribution in [2.75, 3.05) is 39.9 Å². The van der Waals surface area contributed by atoms with Crippen molar-refractivity contribution in [3.63, 3.8) is 0 Å². The van der Waals surface area contributed by atoms with Crippen LogP contribution in [0.15, 0.2) is 12.1 Å². The molecule has 0 aromatic heterocycles. The number of carbonyl (C=O) groups is 3. The lowest BCUT2D eigenvalue weighted by Gasteiger charge is -2.13. The summed E-state index contributed by atoms with van der Waals surface area (Å²) < 4.78 is 15.4. The SMILES string of the molecule is [B]C(=O)OCc1cc(C)c(OC(=O)NCCC(=O)NCCOCCNC)c(C)c1. The summed E-state index contributed by atoms with van der Waals surface area (Å²) in [5.74, 6) is -0.632. The topological polar surface area (TPSA) is 115 Å². The molecule has 0 aliphatic heterocycles. The molecule has 9 nitrogen and oxygen atoms in total. The number of aryl methyl sites for hydroxylation is 2. The average molecular weight is 405 g/mol. The van der Waals surface area contributed by atoms with Crippen molar-refractivity contribution in [3.05, 3.63) is 28.8 Å². The molecule has 2 radical (unpaired) electrons. The molecule has 0 heterocycles. The summed E-state index contributed by atoms with van der Waals surface area (Å²) in [5.41, 5.74) is 2.15. The first-order valence-electron chi connectivity index (χ1n) is 9.30. The van der Waals surface area contributed by atoms with Gasteiger partial charge in [0.2, 0.25) is 19.6 Å². The fraction of sp³-hybridized carbons (Fsp3) is 0.526. The van der Waals surface area contributed by atoms with Gasteiger partial charge in [-0.1, -0.05) is 0 Å². The maximum Gasteiger partial charge on any atom is 0.412 e. The quantitative estimate of drug-likeness (QED) is 0.350. The predicted octanol–water partition coefficient (Wildman–Crippen LogP) is 0.939. The molecule has 0 bridgehead atoms. The van der Waals surface area contributed by atoms with Crippen LogP contribution in [-0.2, 0) is 20.9 Å². The standard InChI is InChI=1S/C19H28BN3O6/c1-13-10-15(12-28-18(20)25)11-14(2)17(13)29-19(26)23-5-4-16(24)22-7-9-27-8-6-21-3/h10-11,21H,4-9,12H2,1-3H3,(H,22,24)(H,23,26). The number of hydrogen-bond acceptors (Lipinski definition) is 7. The van der Waals surface area contributed by atoms with Crippen LogP contribution in [0.1, 0.15) is 23.1 Å². The maximum atomic E-state index is 12.0. The minimum atomic E-state index is -0.856. The summed E-state index contributed by atoms with van der Waals surface area (Å²) in [6.07, 6.45) is -0.520. The Morgan fingerprint density at radius 3 is 2.28 bits per heavy atom. The molecule has 0 atom stereocenters. The van der Waals surface area contributed by atoms with Crippen molar-refractivity contribution in [3.8, 4) is 5.75 Å². The summed E-state index contributed by atoms with van der Waals surface area (Å²) in [4.78, 5) is 34.4. The highest BCUT2D eigenvalue weighted by Crippen LogP contribution is 2.25. The summed E-state index contributed by atoms with van der Waals surface area (Å²) in [5, 5.41) is 8.20. The van der Waals surface area contributed by atoms with Crippen molar-refractivity contribution in [1.82, 2.24) is 16.0 Å². The van der Waals surface area contributed by atoms with Gasteiger partial charge in [0.15, 0.2) is 0 Å². The van der Waals surface area contributed by atoms with Gasteiger partial charge in [0.05, 0.1) is 13.2 Å². The predicted molar refractivity (Wildman–Crippen MR) is 108 cm³/mol. The molecule has 0 fully saturated rings. The highest BCUT2D eigenvalue weighted by molar-refractivity contribution is 6.55. The number of likely N-dealkylation sites (N-methyl/N-ethyl adjacent to an activating group) is 1. The van der Waals surface area contributed by atoms with Crippen LogP contribution in [0, 0.1) is 13.8 Å². The first kappa shape index (κ1) is 24.5. The fourth-order valence-electron chi connectivity index (χ4n) is 2.47. The number of amides is 2. The number of benzene rings is 1. The molecule has 0 aliphatic carbocycles. The molecule has 3 N–H and O–H groups in total. The molecule has 1 rings (SSSR count). The zero-order valence-corrected chi connectivity index (χ0v) is 17.1. The number of hydrogen-bond donors (Lipinski definition) is 3. The van der Waals surface area contributed by atoms with Crippen LogP contribution in [-0.4, -0.2) is 65.6 Å². The maximum absolute atomic E-state index is 12.0. The highest BCUT2D eigenvalue weighted by Gasteiger charge is 2.12. The van der Waals surface area contributed by atoms with E-state index in [1.165, 1.54) is 0 Å². The third-order valence-electron chi connectivity index (χ3n) is 3.78. The van der Waals surface area contributed by atoms with E-state index in [9.17, 15) is 14.4 Å². The lowest BCUT2D eigenvalue weighted by molar-refractivity contribution is -0.121. The average Bonchev–Trinajstić information content (AvgIpc) is 2.65. The van der Waals surface area contributed by atoms with E-state index < -0.39 is 12.0 Å². The third-order valence-corrected chi connectivity index (χ3v) is 3.78. The van der Waals surface area contributed by atoms with Gasteiger partial charge in [-0.05, 0) is 49.7 Å². The zero-order valence-electron chi connectivity index (χ0n) is 17.1. The van der Waals surface area contributed by atoms with Crippen molar-refractivity contribution >= 4 is 25.7 Å². The molecule has 1 aromatic carbocycles. The molecule has 10 heteroatoms. The van der Waals surface area contributed by atoms with E-state index in [-0.39, 0.29) is 25.5 Å². The van der Waals surface area contributed by atoms with Crippen molar-refractivity contribution in [1.29, 1.82) is 0 Å². The van der Waals surface area contributed by atoms with Gasteiger partial charge in [0, 0.05) is 26.1 Å². The van der Waals surface area contributed by atoms with E-state index in [4.69, 9.17) is 22.1 Å². The minimum absolute atomic E-state index is 0.0408. The van der Waals surface area contributed by atoms with Crippen LogP contribution in [0.4, 0.5) is 9.59 Å². The van der Waals surface area contributed by atoms with Crippen molar-refractivity contribution < 1.29 is 28.6 Å². The summed E-state index contributed by atoms with van der Waals surface area (Å²) in [6, 6.07) is 3.48. The molecular formula is C19H28BN3O6. The number of carbonyl (C=O) groups excluding carboxylic acids is 3. The first-order valence-corrected chi connectivity index (χ1v) is 9.30. The summed E-state index contributed by atoms with van der Waals surface area (Å²) in [7, 11) is 6.79. The molecule has 29 heavy (non-hydrogen) atoms. The second-order valence-electron chi connectivity index (χ2n) is 6.30. The van der Waals surface area contributed by atoms with E-state index in [1.54, 1.807) is 26.0 Å². The Morgan fingerprint density at radius 1 is 1.00 bits per heavy atom. The van der Waals surface area contributed by atoms with E-state index in [2.05, 4.69) is 16.0 Å². The number of ether oxygens (including phenoxy) is 3. The molecule has 0 saturated heterocycles. The molecule has 0 aliphatic rings. The van der Waals surface area contributed by atoms with E-state index in [0.717, 1.165) is 12.1 Å². The lowest BCUT2D eigenvalue weighted by Crippen LogP contribution is -2.33. The second kappa shape index (κ2) is 13.6. The van der Waals surface area contributed by atoms with E-state index in [1.807, 2.05) is 7.05 Å². The lowest BCUT2D eigenvalue weighted by atomic mass is 10.1. The van der Waals surface area contributed by atoms with Gasteiger partial charge in [-0.2, -0.15) is 0 Å². The second-order valence-corrected chi connectivity index (χ2v) is 6.30. The van der Waals surface area contributed by atoms with Crippen LogP contribution >= 0.6 is 0 Å². The van der Waals surface area contributed by atoms with Crippen molar-refractivity contribution in [2.45, 2.75) is 26.9 Å². The monoisotopic (exact) mass is 405 g/mol. The Hall–Kier alpha value is -2.59. The van der Waals surface area contributed by atoms with Crippen LogP contribution in [0.25, 0.3) is 0 Å². The minimum Gasteiger partial charge on any atom is -0.470 e. The van der Waals surface area contributed by atoms with Gasteiger partial charge in [-0.15, -0.1) is 0 Å². The Morgan fingerprint density at radius 2 is 1.66 bits per heavy atom. The summed E-state index contributed by atoms with van der Waals surface area (Å²) in [6.45, 7) is 5.91. The van der Waals surface area contributed by atoms with Crippen LogP contribution < -0.4 is 20.7 Å². The molecule has 2 amide bonds. The van der Waals surface area contributed by atoms with E-state index in [0.29, 0.717) is 36.6 Å². The normalized spacial score (nSPS) is 10.3. The van der Waals surface area contributed by atoms with Crippen LogP contribution in [0.2, 0.25) is 0 Å². The highest BCUT2D eigenvalue weighted by atomic mass is 16.6. The summed E-state index contributed by atoms with van der Waals surface area (Å²) >= 11 is 0. The van der Waals surface area contributed by atoms with Gasteiger partial charge < -0.3 is 30.2 Å². The van der Waals surface area contributed by atoms with E-state index >= 15 is 0 Å². The Bertz CT molecular complexity index is 676. The Kier molecular flexibility index (Phi) is 11.4. The van der Waals surface area contributed by atoms with Gasteiger partial charge in [-0.25, -0.2) is 4.79 Å². The molecule has 1 aromatic rings. The Labute approximate surface area is 172 Å². The zero-order chi connectivity index (χ0) is 21.6. The van der Waals surface area contributed by atoms with Crippen LogP contribution in [0.3, 0.4) is 0 Å². The number of rotatable bonds is 12. The van der Waals surface area contributed by atoms with Gasteiger partial charge >= 0.3 is 6.09 Å². The Balaban J connectivity index is 2.34. The number of nitrogens with one attached hydrogen (secondary N) is 3. The van der Waals surface area contributed by atoms with Gasteiger partial charge in [0.1, 0.15) is 12.4 Å². The van der Waals surface area contributed by atoms with Gasteiger partial charge in [-0.3, -0.25) is 9.59 Å². The van der Waals surface area contributed by atoms with Gasteiger partial charge in [0.25, 0.3) is 0 Å². The van der Waals surface area contributed by atoms with Crippen LogP contribution in [0.5, 0.6) is 5.75 Å². The first-order chi connectivity index (χ1) is 13.8. The smallest absolute Gasteiger partial charge is 0.412 e. The van der Waals surface area contributed by atoms with Crippen molar-refractivity contribution in [2.24, 2.45) is 0 Å². The molecule has 0 spiro atoms. The third kappa shape index (κ3) is 10.5. The molecular weight excluding hydrogens is 377 g/mol. The fourth-order valence-corrected chi connectivity index (χ4v) is 2.47. The molecule has 0 saturated carbocycles. The molecule has 0 unspecified atom stereocenters. The largest absolute Gasteiger partial charge is 0.470 e.